The maximum Gasteiger partial charge on any atom is 0.391 e. The Morgan fingerprint density at radius 3 is 2.55 bits per heavy atom. The number of hydrogen-bond donors (Lipinski definition) is 1. The van der Waals surface area contributed by atoms with Gasteiger partial charge in [0.1, 0.15) is 19.0 Å². The van der Waals surface area contributed by atoms with Crippen molar-refractivity contribution < 1.29 is 27.8 Å². The Hall–Kier alpha value is -1.96. The maximum atomic E-state index is 12.4. The molecule has 0 bridgehead atoms. The normalized spacial score (nSPS) is 16.0. The van der Waals surface area contributed by atoms with Crippen LogP contribution in [0, 0.1) is 6.92 Å². The molecule has 1 aromatic carbocycles. The molecule has 1 aliphatic heterocycles. The van der Waals surface area contributed by atoms with Crippen LogP contribution < -0.4 is 9.47 Å². The van der Waals surface area contributed by atoms with E-state index in [1.54, 1.807) is 23.6 Å². The molecule has 0 aliphatic carbocycles. The summed E-state index contributed by atoms with van der Waals surface area (Å²) < 4.78 is 49.5. The van der Waals surface area contributed by atoms with E-state index in [-0.39, 0.29) is 6.54 Å². The van der Waals surface area contributed by atoms with Crippen LogP contribution >= 0.6 is 0 Å². The molecule has 1 unspecified atom stereocenters. The third kappa shape index (κ3) is 2.96. The summed E-state index contributed by atoms with van der Waals surface area (Å²) in [5.74, 6) is 1.63. The number of benzene rings is 1. The third-order valence-electron chi connectivity index (χ3n) is 3.46. The molecule has 0 saturated carbocycles. The van der Waals surface area contributed by atoms with Crippen molar-refractivity contribution in [1.82, 2.24) is 9.55 Å². The van der Waals surface area contributed by atoms with Gasteiger partial charge in [-0.25, -0.2) is 4.98 Å². The Kier molecular flexibility index (Phi) is 3.64. The van der Waals surface area contributed by atoms with E-state index in [1.165, 1.54) is 0 Å². The van der Waals surface area contributed by atoms with Crippen LogP contribution in [-0.4, -0.2) is 40.2 Å². The lowest BCUT2D eigenvalue weighted by atomic mass is 10.2. The van der Waals surface area contributed by atoms with E-state index < -0.39 is 18.7 Å². The first-order chi connectivity index (χ1) is 10.3. The molecule has 0 amide bonds. The van der Waals surface area contributed by atoms with Crippen LogP contribution in [0.15, 0.2) is 12.1 Å². The van der Waals surface area contributed by atoms with Crippen molar-refractivity contribution in [2.24, 2.45) is 0 Å². The first kappa shape index (κ1) is 15.0. The van der Waals surface area contributed by atoms with Gasteiger partial charge in [0.25, 0.3) is 0 Å². The van der Waals surface area contributed by atoms with E-state index in [0.717, 1.165) is 0 Å². The molecule has 0 spiro atoms. The van der Waals surface area contributed by atoms with E-state index in [9.17, 15) is 18.3 Å². The topological polar surface area (TPSA) is 56.5 Å². The van der Waals surface area contributed by atoms with Crippen LogP contribution in [0.5, 0.6) is 11.5 Å². The second-order valence-electron chi connectivity index (χ2n) is 5.23. The van der Waals surface area contributed by atoms with Gasteiger partial charge in [-0.15, -0.1) is 0 Å². The van der Waals surface area contributed by atoms with Crippen molar-refractivity contribution >= 4 is 11.0 Å². The lowest BCUT2D eigenvalue weighted by Crippen LogP contribution is -2.24. The van der Waals surface area contributed by atoms with Crippen LogP contribution in [0.2, 0.25) is 0 Å². The van der Waals surface area contributed by atoms with Crippen molar-refractivity contribution in [3.8, 4) is 11.5 Å². The average molecular weight is 316 g/mol. The highest BCUT2D eigenvalue weighted by Crippen LogP contribution is 2.35. The zero-order valence-electron chi connectivity index (χ0n) is 11.9. The number of hydrogen-bond acceptors (Lipinski definition) is 4. The molecule has 5 nitrogen and oxygen atoms in total. The summed E-state index contributed by atoms with van der Waals surface area (Å²) in [6.07, 6.45) is -7.18. The van der Waals surface area contributed by atoms with Crippen molar-refractivity contribution in [2.45, 2.75) is 32.2 Å². The van der Waals surface area contributed by atoms with E-state index in [2.05, 4.69) is 4.98 Å². The number of aromatic nitrogens is 2. The first-order valence-electron chi connectivity index (χ1n) is 6.85. The van der Waals surface area contributed by atoms with Gasteiger partial charge in [-0.2, -0.15) is 13.2 Å². The Morgan fingerprint density at radius 1 is 1.27 bits per heavy atom. The quantitative estimate of drug-likeness (QED) is 0.945. The number of aliphatic hydroxyl groups excluding tert-OH is 1. The predicted octanol–water partition coefficient (Wildman–Crippen LogP) is 2.43. The summed E-state index contributed by atoms with van der Waals surface area (Å²) in [7, 11) is 0. The highest BCUT2D eigenvalue weighted by molar-refractivity contribution is 5.80. The van der Waals surface area contributed by atoms with Crippen molar-refractivity contribution in [2.75, 3.05) is 13.2 Å². The highest BCUT2D eigenvalue weighted by Gasteiger charge is 2.31. The fourth-order valence-electron chi connectivity index (χ4n) is 2.55. The lowest BCUT2D eigenvalue weighted by molar-refractivity contribution is -0.154. The van der Waals surface area contributed by atoms with Gasteiger partial charge in [0.2, 0.25) is 0 Å². The monoisotopic (exact) mass is 316 g/mol. The zero-order valence-corrected chi connectivity index (χ0v) is 11.9. The highest BCUT2D eigenvalue weighted by atomic mass is 19.4. The molecule has 0 radical (unpaired) electrons. The number of aliphatic hydroxyl groups is 1. The van der Waals surface area contributed by atoms with Crippen molar-refractivity contribution in [1.29, 1.82) is 0 Å². The Balaban J connectivity index is 1.93. The summed E-state index contributed by atoms with van der Waals surface area (Å²) in [5.41, 5.74) is 1.21. The Morgan fingerprint density at radius 2 is 1.91 bits per heavy atom. The number of halogens is 3. The summed E-state index contributed by atoms with van der Waals surface area (Å²) in [4.78, 5) is 4.31. The molecular formula is C14H15F3N2O3. The fourth-order valence-corrected chi connectivity index (χ4v) is 2.55. The smallest absolute Gasteiger partial charge is 0.391 e. The minimum absolute atomic E-state index is 0.179. The number of aryl methyl sites for hydroxylation is 1. The number of ether oxygens (including phenoxy) is 2. The number of fused-ring (bicyclic) bond motifs is 2. The number of rotatable bonds is 3. The summed E-state index contributed by atoms with van der Waals surface area (Å²) in [5, 5.41) is 9.65. The van der Waals surface area contributed by atoms with Gasteiger partial charge in [-0.1, -0.05) is 0 Å². The van der Waals surface area contributed by atoms with Crippen LogP contribution in [0.4, 0.5) is 13.2 Å². The van der Waals surface area contributed by atoms with Crippen LogP contribution in [-0.2, 0) is 6.54 Å². The van der Waals surface area contributed by atoms with Crippen LogP contribution in [0.25, 0.3) is 11.0 Å². The zero-order chi connectivity index (χ0) is 15.9. The van der Waals surface area contributed by atoms with Crippen LogP contribution in [0.3, 0.4) is 0 Å². The van der Waals surface area contributed by atoms with E-state index in [0.29, 0.717) is 41.6 Å². The minimum Gasteiger partial charge on any atom is -0.486 e. The van der Waals surface area contributed by atoms with Gasteiger partial charge in [0, 0.05) is 12.1 Å². The second kappa shape index (κ2) is 5.35. The largest absolute Gasteiger partial charge is 0.486 e. The van der Waals surface area contributed by atoms with E-state index in [1.807, 2.05) is 0 Å². The minimum atomic E-state index is -4.40. The molecule has 22 heavy (non-hydrogen) atoms. The molecule has 0 saturated heterocycles. The van der Waals surface area contributed by atoms with Crippen molar-refractivity contribution in [3.05, 3.63) is 18.0 Å². The van der Waals surface area contributed by atoms with Gasteiger partial charge in [-0.3, -0.25) is 0 Å². The van der Waals surface area contributed by atoms with Gasteiger partial charge in [0.15, 0.2) is 11.5 Å². The molecule has 2 aromatic rings. The molecule has 2 heterocycles. The number of alkyl halides is 3. The molecule has 1 atom stereocenters. The van der Waals surface area contributed by atoms with Gasteiger partial charge in [0.05, 0.1) is 30.1 Å². The van der Waals surface area contributed by atoms with E-state index >= 15 is 0 Å². The third-order valence-corrected chi connectivity index (χ3v) is 3.46. The van der Waals surface area contributed by atoms with Gasteiger partial charge < -0.3 is 19.1 Å². The molecule has 8 heteroatoms. The predicted molar refractivity (Wildman–Crippen MR) is 72.1 cm³/mol. The second-order valence-corrected chi connectivity index (χ2v) is 5.23. The summed E-state index contributed by atoms with van der Waals surface area (Å²) in [6, 6.07) is 3.38. The van der Waals surface area contributed by atoms with Gasteiger partial charge in [-0.05, 0) is 6.92 Å². The van der Waals surface area contributed by atoms with E-state index in [4.69, 9.17) is 9.47 Å². The molecule has 1 aliphatic rings. The van der Waals surface area contributed by atoms with Crippen molar-refractivity contribution in [3.63, 3.8) is 0 Å². The molecular weight excluding hydrogens is 301 g/mol. The summed E-state index contributed by atoms with van der Waals surface area (Å²) in [6.45, 7) is 2.37. The molecule has 0 fully saturated rings. The molecule has 3 rings (SSSR count). The SMILES string of the molecule is Cc1nc2cc3c(cc2n1CC(O)CC(F)(F)F)OCCO3. The molecule has 1 aromatic heterocycles. The molecule has 1 N–H and O–H groups in total. The summed E-state index contributed by atoms with van der Waals surface area (Å²) >= 11 is 0. The number of imidazole rings is 1. The van der Waals surface area contributed by atoms with Crippen LogP contribution in [0.1, 0.15) is 12.2 Å². The average Bonchev–Trinajstić information content (AvgIpc) is 2.70. The standard InChI is InChI=1S/C14H15F3N2O3/c1-8-18-10-4-12-13(22-3-2-21-12)5-11(10)19(8)7-9(20)6-14(15,16)17/h4-5,9,20H,2-3,6-7H2,1H3. The lowest BCUT2D eigenvalue weighted by Gasteiger charge is -2.19. The maximum absolute atomic E-state index is 12.4. The fraction of sp³-hybridized carbons (Fsp3) is 0.500. The Labute approximate surface area is 124 Å². The van der Waals surface area contributed by atoms with Gasteiger partial charge >= 0.3 is 6.18 Å². The first-order valence-corrected chi connectivity index (χ1v) is 6.85. The molecule has 120 valence electrons. The Bertz CT molecular complexity index is 697. The number of nitrogens with zero attached hydrogens (tertiary/aromatic N) is 2.